The second kappa shape index (κ2) is 7.49. The van der Waals surface area contributed by atoms with E-state index in [9.17, 15) is 9.59 Å². The highest BCUT2D eigenvalue weighted by molar-refractivity contribution is 5.75. The zero-order chi connectivity index (χ0) is 15.1. The number of rotatable bonds is 5. The number of methoxy groups -OCH3 is 1. The van der Waals surface area contributed by atoms with Gasteiger partial charge in [-0.05, 0) is 38.0 Å². The monoisotopic (exact) mass is 280 g/mol. The molecule has 110 valence electrons. The van der Waals surface area contributed by atoms with E-state index in [4.69, 9.17) is 10.5 Å². The summed E-state index contributed by atoms with van der Waals surface area (Å²) in [6.07, 6.45) is -0.135. The molecule has 0 aliphatic rings. The van der Waals surface area contributed by atoms with Crippen LogP contribution in [-0.2, 0) is 16.0 Å². The maximum Gasteiger partial charge on any atom is 0.412 e. The van der Waals surface area contributed by atoms with Crippen molar-refractivity contribution in [2.75, 3.05) is 7.11 Å². The van der Waals surface area contributed by atoms with E-state index in [2.05, 4.69) is 10.1 Å². The van der Waals surface area contributed by atoms with Gasteiger partial charge in [0.25, 0.3) is 0 Å². The van der Waals surface area contributed by atoms with Crippen molar-refractivity contribution in [2.24, 2.45) is 5.73 Å². The summed E-state index contributed by atoms with van der Waals surface area (Å²) in [5.41, 5.74) is 6.52. The lowest BCUT2D eigenvalue weighted by molar-refractivity contribution is -0.142. The van der Waals surface area contributed by atoms with Gasteiger partial charge in [0.05, 0.1) is 7.11 Å². The fourth-order valence-corrected chi connectivity index (χ4v) is 1.55. The van der Waals surface area contributed by atoms with Crippen LogP contribution in [0.2, 0.25) is 0 Å². The molecule has 0 bridgehead atoms. The van der Waals surface area contributed by atoms with Crippen molar-refractivity contribution in [3.8, 4) is 5.75 Å². The average molecular weight is 280 g/mol. The van der Waals surface area contributed by atoms with Crippen molar-refractivity contribution in [2.45, 2.75) is 32.4 Å². The van der Waals surface area contributed by atoms with Crippen LogP contribution in [0.5, 0.6) is 5.75 Å². The standard InChI is InChI=1S/C14H20N2O4/c1-9(2)16-14(18)20-11-6-4-10(5-7-11)8-12(15)13(17)19-3/h4-7,9,12H,8,15H2,1-3H3,(H,16,18)/t12-/m0/s1. The van der Waals surface area contributed by atoms with Crippen molar-refractivity contribution in [1.82, 2.24) is 5.32 Å². The lowest BCUT2D eigenvalue weighted by Crippen LogP contribution is -2.33. The fraction of sp³-hybridized carbons (Fsp3) is 0.429. The second-order valence-electron chi connectivity index (χ2n) is 4.67. The summed E-state index contributed by atoms with van der Waals surface area (Å²) in [5.74, 6) is -0.0276. The number of hydrogen-bond acceptors (Lipinski definition) is 5. The Morgan fingerprint density at radius 3 is 2.35 bits per heavy atom. The summed E-state index contributed by atoms with van der Waals surface area (Å²) >= 11 is 0. The van der Waals surface area contributed by atoms with Gasteiger partial charge in [-0.3, -0.25) is 4.79 Å². The number of amides is 1. The first-order valence-corrected chi connectivity index (χ1v) is 6.33. The minimum Gasteiger partial charge on any atom is -0.468 e. The fourth-order valence-electron chi connectivity index (χ4n) is 1.55. The van der Waals surface area contributed by atoms with Gasteiger partial charge in [0, 0.05) is 6.04 Å². The Hall–Kier alpha value is -2.08. The van der Waals surface area contributed by atoms with Crippen LogP contribution in [0.3, 0.4) is 0 Å². The quantitative estimate of drug-likeness (QED) is 0.792. The van der Waals surface area contributed by atoms with Crippen LogP contribution >= 0.6 is 0 Å². The van der Waals surface area contributed by atoms with Gasteiger partial charge < -0.3 is 20.5 Å². The first-order chi connectivity index (χ1) is 9.42. The number of nitrogens with one attached hydrogen (secondary N) is 1. The smallest absolute Gasteiger partial charge is 0.412 e. The SMILES string of the molecule is COC(=O)[C@@H](N)Cc1ccc(OC(=O)NC(C)C)cc1. The Bertz CT molecular complexity index is 457. The van der Waals surface area contributed by atoms with Crippen LogP contribution in [0, 0.1) is 0 Å². The molecule has 20 heavy (non-hydrogen) atoms. The number of nitrogens with two attached hydrogens (primary N) is 1. The van der Waals surface area contributed by atoms with Crippen LogP contribution in [-0.4, -0.2) is 31.3 Å². The number of esters is 1. The van der Waals surface area contributed by atoms with Crippen LogP contribution in [0.25, 0.3) is 0 Å². The molecule has 0 aliphatic carbocycles. The van der Waals surface area contributed by atoms with Gasteiger partial charge in [-0.1, -0.05) is 12.1 Å². The van der Waals surface area contributed by atoms with Crippen LogP contribution < -0.4 is 15.8 Å². The molecule has 0 saturated carbocycles. The van der Waals surface area contributed by atoms with E-state index in [1.165, 1.54) is 7.11 Å². The molecule has 1 rings (SSSR count). The molecule has 3 N–H and O–H groups in total. The Labute approximate surface area is 118 Å². The zero-order valence-corrected chi connectivity index (χ0v) is 11.9. The molecule has 1 aromatic carbocycles. The molecule has 0 saturated heterocycles. The Morgan fingerprint density at radius 2 is 1.85 bits per heavy atom. The lowest BCUT2D eigenvalue weighted by Gasteiger charge is -2.11. The molecule has 1 aromatic rings. The van der Waals surface area contributed by atoms with Crippen molar-refractivity contribution in [1.29, 1.82) is 0 Å². The molecular formula is C14H20N2O4. The van der Waals surface area contributed by atoms with E-state index >= 15 is 0 Å². The van der Waals surface area contributed by atoms with E-state index < -0.39 is 18.1 Å². The summed E-state index contributed by atoms with van der Waals surface area (Å²) in [7, 11) is 1.30. The summed E-state index contributed by atoms with van der Waals surface area (Å²) in [4.78, 5) is 22.6. The summed E-state index contributed by atoms with van der Waals surface area (Å²) in [5, 5.41) is 2.62. The number of benzene rings is 1. The Balaban J connectivity index is 2.56. The topological polar surface area (TPSA) is 90.7 Å². The zero-order valence-electron chi connectivity index (χ0n) is 11.9. The highest BCUT2D eigenvalue weighted by atomic mass is 16.6. The molecule has 0 aromatic heterocycles. The van der Waals surface area contributed by atoms with E-state index in [0.717, 1.165) is 5.56 Å². The van der Waals surface area contributed by atoms with Crippen LogP contribution in [0.1, 0.15) is 19.4 Å². The Morgan fingerprint density at radius 1 is 1.25 bits per heavy atom. The van der Waals surface area contributed by atoms with Gasteiger partial charge in [-0.25, -0.2) is 4.79 Å². The Kier molecular flexibility index (Phi) is 5.99. The molecule has 0 aliphatic heterocycles. The lowest BCUT2D eigenvalue weighted by atomic mass is 10.1. The molecule has 1 amide bonds. The summed E-state index contributed by atoms with van der Waals surface area (Å²) in [6, 6.07) is 6.12. The maximum absolute atomic E-state index is 11.4. The number of carbonyl (C=O) groups is 2. The highest BCUT2D eigenvalue weighted by Crippen LogP contribution is 2.13. The van der Waals surface area contributed by atoms with Crippen molar-refractivity contribution < 1.29 is 19.1 Å². The van der Waals surface area contributed by atoms with Gasteiger partial charge in [0.2, 0.25) is 0 Å². The summed E-state index contributed by atoms with van der Waals surface area (Å²) in [6.45, 7) is 3.69. The molecule has 0 heterocycles. The summed E-state index contributed by atoms with van der Waals surface area (Å²) < 4.78 is 9.64. The van der Waals surface area contributed by atoms with Crippen molar-refractivity contribution in [3.63, 3.8) is 0 Å². The number of carbonyl (C=O) groups excluding carboxylic acids is 2. The first-order valence-electron chi connectivity index (χ1n) is 6.33. The van der Waals surface area contributed by atoms with Crippen LogP contribution in [0.4, 0.5) is 4.79 Å². The van der Waals surface area contributed by atoms with Gasteiger partial charge >= 0.3 is 12.1 Å². The van der Waals surface area contributed by atoms with E-state index in [1.807, 2.05) is 13.8 Å². The van der Waals surface area contributed by atoms with E-state index in [1.54, 1.807) is 24.3 Å². The van der Waals surface area contributed by atoms with E-state index in [-0.39, 0.29) is 6.04 Å². The minimum absolute atomic E-state index is 0.0137. The van der Waals surface area contributed by atoms with Crippen LogP contribution in [0.15, 0.2) is 24.3 Å². The molecule has 6 nitrogen and oxygen atoms in total. The van der Waals surface area contributed by atoms with Crippen molar-refractivity contribution in [3.05, 3.63) is 29.8 Å². The maximum atomic E-state index is 11.4. The predicted molar refractivity (Wildman–Crippen MR) is 74.4 cm³/mol. The third-order valence-electron chi connectivity index (χ3n) is 2.50. The minimum atomic E-state index is -0.698. The second-order valence-corrected chi connectivity index (χ2v) is 4.67. The van der Waals surface area contributed by atoms with Gasteiger partial charge in [0.15, 0.2) is 0 Å². The normalized spacial score (nSPS) is 11.8. The number of ether oxygens (including phenoxy) is 2. The average Bonchev–Trinajstić information content (AvgIpc) is 2.39. The molecule has 0 spiro atoms. The first kappa shape index (κ1) is 16.0. The molecular weight excluding hydrogens is 260 g/mol. The molecule has 0 fully saturated rings. The largest absolute Gasteiger partial charge is 0.468 e. The molecule has 6 heteroatoms. The van der Waals surface area contributed by atoms with Gasteiger partial charge in [-0.15, -0.1) is 0 Å². The number of hydrogen-bond donors (Lipinski definition) is 2. The van der Waals surface area contributed by atoms with E-state index in [0.29, 0.717) is 12.2 Å². The van der Waals surface area contributed by atoms with Crippen molar-refractivity contribution >= 4 is 12.1 Å². The third kappa shape index (κ3) is 5.27. The molecule has 1 atom stereocenters. The molecule has 0 radical (unpaired) electrons. The van der Waals surface area contributed by atoms with Gasteiger partial charge in [-0.2, -0.15) is 0 Å². The predicted octanol–water partition coefficient (Wildman–Crippen LogP) is 1.23. The third-order valence-corrected chi connectivity index (χ3v) is 2.50. The van der Waals surface area contributed by atoms with Gasteiger partial charge in [0.1, 0.15) is 11.8 Å². The highest BCUT2D eigenvalue weighted by Gasteiger charge is 2.14. The molecule has 0 unspecified atom stereocenters.